The molecular weight excluding hydrogens is 286 g/mol. The summed E-state index contributed by atoms with van der Waals surface area (Å²) in [6, 6.07) is 7.59. The Kier molecular flexibility index (Phi) is 3.62. The average molecular weight is 309 g/mol. The third kappa shape index (κ3) is 2.51. The molecule has 4 atom stereocenters. The summed E-state index contributed by atoms with van der Waals surface area (Å²) in [6.07, 6.45) is 4.76. The molecule has 3 rings (SSSR count). The van der Waals surface area contributed by atoms with Crippen molar-refractivity contribution in [3.63, 3.8) is 0 Å². The minimum atomic E-state index is -3.05. The van der Waals surface area contributed by atoms with Crippen LogP contribution in [0, 0.1) is 5.92 Å². The van der Waals surface area contributed by atoms with Gasteiger partial charge in [0.05, 0.1) is 10.9 Å². The van der Waals surface area contributed by atoms with Crippen molar-refractivity contribution in [1.82, 2.24) is 0 Å². The Bertz CT molecular complexity index is 643. The molecule has 0 aliphatic heterocycles. The molecule has 21 heavy (non-hydrogen) atoms. The van der Waals surface area contributed by atoms with Crippen LogP contribution in [0.15, 0.2) is 24.3 Å². The van der Waals surface area contributed by atoms with E-state index < -0.39 is 15.4 Å². The lowest BCUT2D eigenvalue weighted by Crippen LogP contribution is -2.40. The van der Waals surface area contributed by atoms with E-state index in [1.54, 1.807) is 0 Å². The lowest BCUT2D eigenvalue weighted by molar-refractivity contribution is -0.0398. The second-order valence-corrected chi connectivity index (χ2v) is 8.96. The van der Waals surface area contributed by atoms with Gasteiger partial charge in [0.2, 0.25) is 0 Å². The zero-order chi connectivity index (χ0) is 15.3. The first kappa shape index (κ1) is 15.0. The molecule has 3 N–H and O–H groups in total. The summed E-state index contributed by atoms with van der Waals surface area (Å²) in [5.74, 6) is -0.0272. The monoisotopic (exact) mass is 309 g/mol. The molecule has 1 fully saturated rings. The summed E-state index contributed by atoms with van der Waals surface area (Å²) in [6.45, 7) is 0. The minimum Gasteiger partial charge on any atom is -0.385 e. The van der Waals surface area contributed by atoms with E-state index >= 15 is 0 Å². The van der Waals surface area contributed by atoms with Crippen LogP contribution in [0.5, 0.6) is 0 Å². The standard InChI is InChI=1S/C16H23NO3S/c1-21(19,20)12-6-4-5-11(9-12)16(18)10-15(17)13-7-2-3-8-14(13)16/h2-3,7-8,11-12,15,18H,4-6,9-10,17H2,1H3. The molecule has 5 heteroatoms. The van der Waals surface area contributed by atoms with Crippen molar-refractivity contribution in [3.05, 3.63) is 35.4 Å². The Balaban J connectivity index is 1.93. The van der Waals surface area contributed by atoms with Crippen LogP contribution in [0.25, 0.3) is 0 Å². The average Bonchev–Trinajstić information content (AvgIpc) is 2.72. The Morgan fingerprint density at radius 3 is 2.71 bits per heavy atom. The van der Waals surface area contributed by atoms with Crippen LogP contribution in [0.2, 0.25) is 0 Å². The number of aliphatic hydroxyl groups is 1. The second-order valence-electron chi connectivity index (χ2n) is 6.64. The summed E-state index contributed by atoms with van der Waals surface area (Å²) in [4.78, 5) is 0. The van der Waals surface area contributed by atoms with Crippen LogP contribution in [0.1, 0.15) is 49.3 Å². The molecule has 0 spiro atoms. The molecule has 0 heterocycles. The van der Waals surface area contributed by atoms with E-state index in [9.17, 15) is 13.5 Å². The highest BCUT2D eigenvalue weighted by Crippen LogP contribution is 2.51. The molecular formula is C16H23NO3S. The highest BCUT2D eigenvalue weighted by Gasteiger charge is 2.48. The SMILES string of the molecule is CS(=O)(=O)C1CCCC(C2(O)CC(N)c3ccccc32)C1. The van der Waals surface area contributed by atoms with Gasteiger partial charge in [-0.3, -0.25) is 0 Å². The molecule has 4 nitrogen and oxygen atoms in total. The fourth-order valence-corrected chi connectivity index (χ4v) is 5.30. The molecule has 2 aliphatic carbocycles. The summed E-state index contributed by atoms with van der Waals surface area (Å²) in [5, 5.41) is 10.9. The molecule has 1 aromatic carbocycles. The lowest BCUT2D eigenvalue weighted by Gasteiger charge is -2.39. The molecule has 1 saturated carbocycles. The van der Waals surface area contributed by atoms with Crippen molar-refractivity contribution < 1.29 is 13.5 Å². The topological polar surface area (TPSA) is 80.4 Å². The zero-order valence-electron chi connectivity index (χ0n) is 12.3. The van der Waals surface area contributed by atoms with E-state index in [0.29, 0.717) is 19.3 Å². The maximum Gasteiger partial charge on any atom is 0.150 e. The first-order valence-corrected chi connectivity index (χ1v) is 9.54. The first-order chi connectivity index (χ1) is 9.82. The van der Waals surface area contributed by atoms with Crippen molar-refractivity contribution in [2.45, 2.75) is 49.0 Å². The van der Waals surface area contributed by atoms with Gasteiger partial charge in [0.1, 0.15) is 9.84 Å². The zero-order valence-corrected chi connectivity index (χ0v) is 13.1. The van der Waals surface area contributed by atoms with E-state index in [4.69, 9.17) is 5.73 Å². The summed E-state index contributed by atoms with van der Waals surface area (Å²) in [7, 11) is -3.05. The molecule has 1 aromatic rings. The Labute approximate surface area is 126 Å². The van der Waals surface area contributed by atoms with Gasteiger partial charge < -0.3 is 10.8 Å². The van der Waals surface area contributed by atoms with Gasteiger partial charge in [-0.25, -0.2) is 8.42 Å². The molecule has 4 unspecified atom stereocenters. The van der Waals surface area contributed by atoms with Crippen LogP contribution in [0.3, 0.4) is 0 Å². The molecule has 0 bridgehead atoms. The predicted octanol–water partition coefficient (Wildman–Crippen LogP) is 1.88. The molecule has 2 aliphatic rings. The fraction of sp³-hybridized carbons (Fsp3) is 0.625. The van der Waals surface area contributed by atoms with Crippen LogP contribution in [-0.2, 0) is 15.4 Å². The van der Waals surface area contributed by atoms with Gasteiger partial charge in [0.25, 0.3) is 0 Å². The van der Waals surface area contributed by atoms with E-state index in [-0.39, 0.29) is 17.2 Å². The van der Waals surface area contributed by atoms with E-state index in [2.05, 4.69) is 0 Å². The summed E-state index contributed by atoms with van der Waals surface area (Å²) < 4.78 is 23.7. The van der Waals surface area contributed by atoms with Gasteiger partial charge in [-0.05, 0) is 42.7 Å². The normalized spacial score (nSPS) is 36.4. The third-order valence-corrected chi connectivity index (χ3v) is 6.90. The summed E-state index contributed by atoms with van der Waals surface area (Å²) >= 11 is 0. The number of hydrogen-bond donors (Lipinski definition) is 2. The van der Waals surface area contributed by atoms with Gasteiger partial charge in [-0.1, -0.05) is 30.7 Å². The van der Waals surface area contributed by atoms with Crippen molar-refractivity contribution in [2.24, 2.45) is 11.7 Å². The van der Waals surface area contributed by atoms with Gasteiger partial charge in [-0.15, -0.1) is 0 Å². The molecule has 0 saturated heterocycles. The molecule has 0 radical (unpaired) electrons. The van der Waals surface area contributed by atoms with E-state index in [1.807, 2.05) is 24.3 Å². The van der Waals surface area contributed by atoms with E-state index in [1.165, 1.54) is 6.26 Å². The second kappa shape index (κ2) is 5.07. The van der Waals surface area contributed by atoms with Gasteiger partial charge in [-0.2, -0.15) is 0 Å². The number of sulfone groups is 1. The van der Waals surface area contributed by atoms with Crippen molar-refractivity contribution >= 4 is 9.84 Å². The number of hydrogen-bond acceptors (Lipinski definition) is 4. The number of benzene rings is 1. The maximum absolute atomic E-state index is 11.9. The van der Waals surface area contributed by atoms with Crippen LogP contribution >= 0.6 is 0 Å². The van der Waals surface area contributed by atoms with Gasteiger partial charge in [0, 0.05) is 12.3 Å². The summed E-state index contributed by atoms with van der Waals surface area (Å²) in [5.41, 5.74) is 7.10. The minimum absolute atomic E-state index is 0.0272. The predicted molar refractivity (Wildman–Crippen MR) is 82.5 cm³/mol. The molecule has 0 amide bonds. The Morgan fingerprint density at radius 1 is 1.29 bits per heavy atom. The highest BCUT2D eigenvalue weighted by atomic mass is 32.2. The first-order valence-electron chi connectivity index (χ1n) is 7.58. The Morgan fingerprint density at radius 2 is 2.00 bits per heavy atom. The van der Waals surface area contributed by atoms with Crippen LogP contribution in [0.4, 0.5) is 0 Å². The highest BCUT2D eigenvalue weighted by molar-refractivity contribution is 7.91. The number of nitrogens with two attached hydrogens (primary N) is 1. The number of fused-ring (bicyclic) bond motifs is 1. The molecule has 116 valence electrons. The quantitative estimate of drug-likeness (QED) is 0.874. The van der Waals surface area contributed by atoms with Crippen LogP contribution < -0.4 is 5.73 Å². The van der Waals surface area contributed by atoms with Gasteiger partial charge in [0.15, 0.2) is 0 Å². The smallest absolute Gasteiger partial charge is 0.150 e. The fourth-order valence-electron chi connectivity index (χ4n) is 4.12. The van der Waals surface area contributed by atoms with Crippen molar-refractivity contribution in [2.75, 3.05) is 6.26 Å². The van der Waals surface area contributed by atoms with Crippen molar-refractivity contribution in [3.8, 4) is 0 Å². The molecule has 0 aromatic heterocycles. The maximum atomic E-state index is 11.9. The van der Waals surface area contributed by atoms with Crippen LogP contribution in [-0.4, -0.2) is 25.0 Å². The van der Waals surface area contributed by atoms with Gasteiger partial charge >= 0.3 is 0 Å². The van der Waals surface area contributed by atoms with Crippen molar-refractivity contribution in [1.29, 1.82) is 0 Å². The lowest BCUT2D eigenvalue weighted by atomic mass is 9.74. The number of rotatable bonds is 2. The third-order valence-electron chi connectivity index (χ3n) is 5.26. The largest absolute Gasteiger partial charge is 0.385 e. The Hall–Kier alpha value is -0.910. The van der Waals surface area contributed by atoms with E-state index in [0.717, 1.165) is 24.0 Å².